The Kier molecular flexibility index (Phi) is 12.3. The standard InChI is InChI=1S/C28H40ClN3O2.C4H7NO/c1-7-26-25(29)16-22(17-30-26)28(33)31-23-11-9-8-10-14-32(18(2)15-23)21(5)24-12-13-27(34-6)20(4)19(24)3;6-4-2-1-3-5-4/h12-13,16-18,21,23H,7-11,14-15H2,1-6H3,(H,31,33);1-3H2,(H,5,6). The fourth-order valence-corrected chi connectivity index (χ4v) is 6.11. The third-order valence-electron chi connectivity index (χ3n) is 8.36. The van der Waals surface area contributed by atoms with Crippen LogP contribution in [-0.4, -0.2) is 54.0 Å². The Morgan fingerprint density at radius 1 is 1.23 bits per heavy atom. The van der Waals surface area contributed by atoms with Gasteiger partial charge in [-0.05, 0) is 95.2 Å². The van der Waals surface area contributed by atoms with Crippen LogP contribution in [0.15, 0.2) is 24.4 Å². The van der Waals surface area contributed by atoms with Crippen LogP contribution in [0.4, 0.5) is 0 Å². The molecule has 0 aliphatic carbocycles. The minimum atomic E-state index is -0.0882. The normalized spacial score (nSPS) is 20.7. The number of hydrogen-bond donors (Lipinski definition) is 2. The fourth-order valence-electron chi connectivity index (χ4n) is 5.81. The van der Waals surface area contributed by atoms with Crippen molar-refractivity contribution in [3.8, 4) is 5.75 Å². The van der Waals surface area contributed by atoms with Crippen molar-refractivity contribution < 1.29 is 14.3 Å². The molecule has 2 aromatic rings. The van der Waals surface area contributed by atoms with Gasteiger partial charge in [-0.15, -0.1) is 0 Å². The number of methoxy groups -OCH3 is 1. The van der Waals surface area contributed by atoms with Gasteiger partial charge < -0.3 is 15.4 Å². The molecular weight excluding hydrogens is 524 g/mol. The molecule has 0 saturated carbocycles. The SMILES string of the molecule is CCc1ncc(C(=O)NC2CCCCCN(C(C)c3ccc(OC)c(C)c3C)C(C)C2)cc1Cl.O=C1CCCN1. The summed E-state index contributed by atoms with van der Waals surface area (Å²) in [7, 11) is 1.73. The summed E-state index contributed by atoms with van der Waals surface area (Å²) < 4.78 is 5.52. The van der Waals surface area contributed by atoms with Crippen LogP contribution >= 0.6 is 11.6 Å². The van der Waals surface area contributed by atoms with Crippen LogP contribution in [-0.2, 0) is 11.2 Å². The molecule has 7 nitrogen and oxygen atoms in total. The molecule has 2 N–H and O–H groups in total. The van der Waals surface area contributed by atoms with Gasteiger partial charge in [0, 0.05) is 37.3 Å². The van der Waals surface area contributed by atoms with Crippen molar-refractivity contribution in [3.63, 3.8) is 0 Å². The number of carbonyl (C=O) groups is 2. The van der Waals surface area contributed by atoms with E-state index in [-0.39, 0.29) is 17.9 Å². The number of aryl methyl sites for hydroxylation is 1. The average Bonchev–Trinajstić information content (AvgIpc) is 3.44. The van der Waals surface area contributed by atoms with Crippen LogP contribution in [0, 0.1) is 13.8 Å². The van der Waals surface area contributed by atoms with Crippen LogP contribution in [0.3, 0.4) is 0 Å². The van der Waals surface area contributed by atoms with Crippen LogP contribution < -0.4 is 15.4 Å². The molecule has 40 heavy (non-hydrogen) atoms. The third kappa shape index (κ3) is 8.43. The molecule has 0 bridgehead atoms. The van der Waals surface area contributed by atoms with E-state index in [0.29, 0.717) is 22.7 Å². The minimum Gasteiger partial charge on any atom is -0.496 e. The van der Waals surface area contributed by atoms with Crippen molar-refractivity contribution in [2.75, 3.05) is 20.2 Å². The number of halogens is 1. The Hall–Kier alpha value is -2.64. The fraction of sp³-hybridized carbons (Fsp3) is 0.594. The van der Waals surface area contributed by atoms with Gasteiger partial charge in [-0.3, -0.25) is 19.5 Å². The number of amides is 2. The second-order valence-corrected chi connectivity index (χ2v) is 11.5. The van der Waals surface area contributed by atoms with E-state index < -0.39 is 0 Å². The number of carbonyl (C=O) groups excluding carboxylic acids is 2. The molecule has 0 radical (unpaired) electrons. The van der Waals surface area contributed by atoms with Crippen molar-refractivity contribution in [2.24, 2.45) is 0 Å². The number of aromatic nitrogens is 1. The molecule has 2 fully saturated rings. The number of hydrogen-bond acceptors (Lipinski definition) is 5. The molecule has 2 saturated heterocycles. The molecule has 3 unspecified atom stereocenters. The van der Waals surface area contributed by atoms with Crippen molar-refractivity contribution in [3.05, 3.63) is 57.4 Å². The summed E-state index contributed by atoms with van der Waals surface area (Å²) in [5.74, 6) is 1.06. The number of nitrogens with zero attached hydrogens (tertiary/aromatic N) is 2. The second kappa shape index (κ2) is 15.4. The highest BCUT2D eigenvalue weighted by molar-refractivity contribution is 6.31. The van der Waals surface area contributed by atoms with Gasteiger partial charge >= 0.3 is 0 Å². The lowest BCUT2D eigenvalue weighted by atomic mass is 9.94. The highest BCUT2D eigenvalue weighted by Crippen LogP contribution is 2.33. The average molecular weight is 571 g/mol. The Morgan fingerprint density at radius 2 is 2.00 bits per heavy atom. The zero-order chi connectivity index (χ0) is 29.2. The lowest BCUT2D eigenvalue weighted by Gasteiger charge is -2.37. The molecule has 4 rings (SSSR count). The summed E-state index contributed by atoms with van der Waals surface area (Å²) >= 11 is 6.31. The lowest BCUT2D eigenvalue weighted by molar-refractivity contribution is -0.119. The molecule has 3 atom stereocenters. The Morgan fingerprint density at radius 3 is 2.60 bits per heavy atom. The molecular formula is C32H47ClN4O3. The molecule has 0 spiro atoms. The highest BCUT2D eigenvalue weighted by atomic mass is 35.5. The smallest absolute Gasteiger partial charge is 0.253 e. The molecule has 3 heterocycles. The molecule has 220 valence electrons. The first-order valence-electron chi connectivity index (χ1n) is 14.8. The maximum Gasteiger partial charge on any atom is 0.253 e. The zero-order valence-corrected chi connectivity index (χ0v) is 25.9. The van der Waals surface area contributed by atoms with E-state index in [1.807, 2.05) is 6.92 Å². The predicted octanol–water partition coefficient (Wildman–Crippen LogP) is 6.33. The number of nitrogens with one attached hydrogen (secondary N) is 2. The Labute approximate surface area is 245 Å². The maximum atomic E-state index is 13.0. The molecule has 1 aromatic carbocycles. The van der Waals surface area contributed by atoms with Crippen molar-refractivity contribution in [2.45, 2.75) is 104 Å². The quantitative estimate of drug-likeness (QED) is 0.424. The monoisotopic (exact) mass is 570 g/mol. The summed E-state index contributed by atoms with van der Waals surface area (Å²) in [6.45, 7) is 12.9. The number of ether oxygens (including phenoxy) is 1. The number of benzene rings is 1. The van der Waals surface area contributed by atoms with E-state index in [1.165, 1.54) is 29.5 Å². The largest absolute Gasteiger partial charge is 0.496 e. The van der Waals surface area contributed by atoms with E-state index in [2.05, 4.69) is 60.3 Å². The summed E-state index contributed by atoms with van der Waals surface area (Å²) in [5.41, 5.74) is 5.20. The summed E-state index contributed by atoms with van der Waals surface area (Å²) in [5, 5.41) is 6.52. The molecule has 1 aromatic heterocycles. The second-order valence-electron chi connectivity index (χ2n) is 11.1. The lowest BCUT2D eigenvalue weighted by Crippen LogP contribution is -2.42. The third-order valence-corrected chi connectivity index (χ3v) is 8.69. The number of rotatable bonds is 6. The van der Waals surface area contributed by atoms with Gasteiger partial charge in [-0.2, -0.15) is 0 Å². The van der Waals surface area contributed by atoms with Crippen LogP contribution in [0.5, 0.6) is 5.75 Å². The molecule has 8 heteroatoms. The van der Waals surface area contributed by atoms with E-state index in [1.54, 1.807) is 19.4 Å². The molecule has 2 aliphatic rings. The maximum absolute atomic E-state index is 13.0. The van der Waals surface area contributed by atoms with Crippen molar-refractivity contribution >= 4 is 23.4 Å². The summed E-state index contributed by atoms with van der Waals surface area (Å²) in [6.07, 6.45) is 9.52. The Balaban J connectivity index is 0.000000649. The van der Waals surface area contributed by atoms with Gasteiger partial charge in [0.2, 0.25) is 5.91 Å². The van der Waals surface area contributed by atoms with Crippen molar-refractivity contribution in [1.29, 1.82) is 0 Å². The van der Waals surface area contributed by atoms with E-state index in [9.17, 15) is 9.59 Å². The topological polar surface area (TPSA) is 83.6 Å². The van der Waals surface area contributed by atoms with Crippen LogP contribution in [0.1, 0.15) is 105 Å². The van der Waals surface area contributed by atoms with E-state index in [0.717, 1.165) is 63.1 Å². The number of pyridine rings is 1. The highest BCUT2D eigenvalue weighted by Gasteiger charge is 2.27. The van der Waals surface area contributed by atoms with Gasteiger partial charge in [0.1, 0.15) is 5.75 Å². The van der Waals surface area contributed by atoms with Gasteiger partial charge in [0.15, 0.2) is 0 Å². The first kappa shape index (κ1) is 31.9. The van der Waals surface area contributed by atoms with Gasteiger partial charge in [0.05, 0.1) is 23.4 Å². The summed E-state index contributed by atoms with van der Waals surface area (Å²) in [4.78, 5) is 30.1. The first-order valence-corrected chi connectivity index (χ1v) is 15.2. The molecule has 2 amide bonds. The van der Waals surface area contributed by atoms with Crippen LogP contribution in [0.2, 0.25) is 5.02 Å². The zero-order valence-electron chi connectivity index (χ0n) is 25.1. The minimum absolute atomic E-state index is 0.0882. The molecule has 2 aliphatic heterocycles. The van der Waals surface area contributed by atoms with E-state index in [4.69, 9.17) is 16.3 Å². The van der Waals surface area contributed by atoms with E-state index >= 15 is 0 Å². The van der Waals surface area contributed by atoms with Gasteiger partial charge in [0.25, 0.3) is 5.91 Å². The van der Waals surface area contributed by atoms with Crippen molar-refractivity contribution in [1.82, 2.24) is 20.5 Å². The first-order chi connectivity index (χ1) is 19.2. The van der Waals surface area contributed by atoms with Crippen LogP contribution in [0.25, 0.3) is 0 Å². The van der Waals surface area contributed by atoms with Gasteiger partial charge in [-0.1, -0.05) is 37.4 Å². The van der Waals surface area contributed by atoms with Gasteiger partial charge in [-0.25, -0.2) is 0 Å². The predicted molar refractivity (Wildman–Crippen MR) is 162 cm³/mol. The Bertz CT molecular complexity index is 1150. The summed E-state index contributed by atoms with van der Waals surface area (Å²) in [6, 6.07) is 6.79.